The van der Waals surface area contributed by atoms with Crippen molar-refractivity contribution < 1.29 is 43.9 Å². The van der Waals surface area contributed by atoms with Gasteiger partial charge in [0.15, 0.2) is 21.3 Å². The van der Waals surface area contributed by atoms with E-state index in [1.807, 2.05) is 0 Å². The van der Waals surface area contributed by atoms with Gasteiger partial charge in [0.1, 0.15) is 10.6 Å². The summed E-state index contributed by atoms with van der Waals surface area (Å²) in [5.74, 6) is -1.42. The predicted octanol–water partition coefficient (Wildman–Crippen LogP) is 5.19. The van der Waals surface area contributed by atoms with Crippen molar-refractivity contribution in [3.8, 4) is 22.7 Å². The minimum atomic E-state index is -4.72. The Morgan fingerprint density at radius 1 is 1.03 bits per heavy atom. The molecule has 0 saturated carbocycles. The Morgan fingerprint density at radius 2 is 1.69 bits per heavy atom. The normalized spacial score (nSPS) is 12.8. The molecule has 0 bridgehead atoms. The summed E-state index contributed by atoms with van der Waals surface area (Å²) in [5, 5.41) is 3.95. The molecule has 3 heterocycles. The first-order valence-electron chi connectivity index (χ1n) is 10.7. The van der Waals surface area contributed by atoms with Crippen LogP contribution in [-0.2, 0) is 9.84 Å². The Balaban J connectivity index is 1.78. The first kappa shape index (κ1) is 28.4. The molecule has 208 valence electrons. The Morgan fingerprint density at radius 3 is 2.28 bits per heavy atom. The second kappa shape index (κ2) is 10.2. The minimum Gasteiger partial charge on any atom is -0.428 e. The summed E-state index contributed by atoms with van der Waals surface area (Å²) in [6, 6.07) is 7.53. The number of hydrogen-bond acceptors (Lipinski definition) is 7. The molecule has 0 spiro atoms. The second-order valence-corrected chi connectivity index (χ2v) is 11.2. The summed E-state index contributed by atoms with van der Waals surface area (Å²) < 4.78 is 121. The maximum atomic E-state index is 13.2. The number of thioether (sulfide) groups is 1. The molecule has 0 fully saturated rings. The van der Waals surface area contributed by atoms with E-state index >= 15 is 0 Å². The lowest BCUT2D eigenvalue weighted by Crippen LogP contribution is -2.33. The quantitative estimate of drug-likeness (QED) is 0.204. The van der Waals surface area contributed by atoms with E-state index in [1.165, 1.54) is 19.1 Å². The molecule has 0 unspecified atom stereocenters. The van der Waals surface area contributed by atoms with E-state index in [-0.39, 0.29) is 21.7 Å². The number of halogens is 7. The van der Waals surface area contributed by atoms with Crippen molar-refractivity contribution in [3.63, 3.8) is 0 Å². The predicted molar refractivity (Wildman–Crippen MR) is 125 cm³/mol. The third-order valence-electron chi connectivity index (χ3n) is 5.17. The van der Waals surface area contributed by atoms with Crippen LogP contribution in [0.15, 0.2) is 69.4 Å². The van der Waals surface area contributed by atoms with Crippen molar-refractivity contribution in [1.82, 2.24) is 19.2 Å². The van der Waals surface area contributed by atoms with Crippen LogP contribution in [0.25, 0.3) is 22.6 Å². The molecule has 0 saturated heterocycles. The lowest BCUT2D eigenvalue weighted by molar-refractivity contribution is -0.253. The molecule has 39 heavy (non-hydrogen) atoms. The summed E-state index contributed by atoms with van der Waals surface area (Å²) in [6.07, 6.45) is -6.58. The lowest BCUT2D eigenvalue weighted by Gasteiger charge is -2.17. The van der Waals surface area contributed by atoms with Gasteiger partial charge in [-0.15, -0.1) is 5.10 Å². The van der Waals surface area contributed by atoms with Crippen molar-refractivity contribution in [3.05, 3.63) is 65.3 Å². The first-order chi connectivity index (χ1) is 18.1. The largest absolute Gasteiger partial charge is 0.461 e. The molecule has 0 aliphatic carbocycles. The van der Waals surface area contributed by atoms with E-state index in [2.05, 4.69) is 14.8 Å². The second-order valence-electron chi connectivity index (χ2n) is 7.77. The highest BCUT2D eigenvalue weighted by Crippen LogP contribution is 2.37. The summed E-state index contributed by atoms with van der Waals surface area (Å²) in [6.45, 7) is 1.33. The van der Waals surface area contributed by atoms with E-state index in [1.54, 1.807) is 0 Å². The zero-order chi connectivity index (χ0) is 28.8. The fourth-order valence-corrected chi connectivity index (χ4v) is 4.94. The number of benzene rings is 1. The highest BCUT2D eigenvalue weighted by molar-refractivity contribution is 8.00. The van der Waals surface area contributed by atoms with E-state index in [9.17, 15) is 43.9 Å². The lowest BCUT2D eigenvalue weighted by atomic mass is 10.1. The summed E-state index contributed by atoms with van der Waals surface area (Å²) >= 11 is -0.421. The van der Waals surface area contributed by atoms with Gasteiger partial charge in [0.25, 0.3) is 0 Å². The van der Waals surface area contributed by atoms with E-state index < -0.39 is 67.5 Å². The van der Waals surface area contributed by atoms with E-state index in [4.69, 9.17) is 0 Å². The van der Waals surface area contributed by atoms with Crippen molar-refractivity contribution >= 4 is 27.2 Å². The molecule has 4 aromatic rings. The van der Waals surface area contributed by atoms with Crippen LogP contribution in [0.5, 0.6) is 5.75 Å². The van der Waals surface area contributed by atoms with E-state index in [0.29, 0.717) is 4.68 Å². The third kappa shape index (κ3) is 6.03. The van der Waals surface area contributed by atoms with Crippen LogP contribution in [0.2, 0.25) is 0 Å². The third-order valence-corrected chi connectivity index (χ3v) is 7.63. The van der Waals surface area contributed by atoms with E-state index in [0.717, 1.165) is 47.1 Å². The van der Waals surface area contributed by atoms with Gasteiger partial charge in [-0.2, -0.15) is 35.4 Å². The van der Waals surface area contributed by atoms with Crippen molar-refractivity contribution in [2.75, 3.05) is 5.75 Å². The molecule has 8 nitrogen and oxygen atoms in total. The Bertz CT molecular complexity index is 1690. The molecule has 3 aromatic heterocycles. The summed E-state index contributed by atoms with van der Waals surface area (Å²) in [7, 11) is -4.07. The summed E-state index contributed by atoms with van der Waals surface area (Å²) in [5.41, 5.74) is -5.29. The monoisotopic (exact) mass is 596 g/mol. The maximum absolute atomic E-state index is 13.2. The minimum absolute atomic E-state index is 0.152. The van der Waals surface area contributed by atoms with Gasteiger partial charge in [-0.3, -0.25) is 0 Å². The molecule has 0 N–H and O–H groups in total. The van der Waals surface area contributed by atoms with Crippen molar-refractivity contribution in [2.24, 2.45) is 0 Å². The Labute approximate surface area is 219 Å². The number of ether oxygens (including phenoxy) is 1. The fraction of sp³-hybridized carbons (Fsp3) is 0.227. The van der Waals surface area contributed by atoms with Gasteiger partial charge in [0.05, 0.1) is 5.75 Å². The molecular weight excluding hydrogens is 581 g/mol. The molecule has 4 rings (SSSR count). The van der Waals surface area contributed by atoms with Crippen LogP contribution in [0.4, 0.5) is 30.7 Å². The number of alkyl halides is 7. The first-order valence-corrected chi connectivity index (χ1v) is 13.1. The summed E-state index contributed by atoms with van der Waals surface area (Å²) in [4.78, 5) is 16.3. The van der Waals surface area contributed by atoms with Crippen LogP contribution >= 0.6 is 11.8 Å². The van der Waals surface area contributed by atoms with Crippen LogP contribution in [0, 0.1) is 0 Å². The van der Waals surface area contributed by atoms with Gasteiger partial charge >= 0.3 is 23.7 Å². The van der Waals surface area contributed by atoms with Crippen LogP contribution in [0.1, 0.15) is 6.92 Å². The Kier molecular flexibility index (Phi) is 7.41. The van der Waals surface area contributed by atoms with Crippen molar-refractivity contribution in [2.45, 2.75) is 34.8 Å². The molecule has 0 atom stereocenters. The number of aromatic nitrogens is 4. The van der Waals surface area contributed by atoms with Crippen LogP contribution in [-0.4, -0.2) is 51.4 Å². The average molecular weight is 597 g/mol. The highest BCUT2D eigenvalue weighted by atomic mass is 32.2. The number of nitrogens with zero attached hydrogens (tertiary/aromatic N) is 4. The highest BCUT2D eigenvalue weighted by Gasteiger charge is 2.44. The number of hydrogen-bond donors (Lipinski definition) is 0. The molecular formula is C22H15F7N4O4S2. The molecule has 0 aliphatic rings. The molecule has 0 amide bonds. The maximum Gasteiger partial charge on any atom is 0.461 e. The molecule has 0 radical (unpaired) electrons. The van der Waals surface area contributed by atoms with Crippen molar-refractivity contribution in [1.29, 1.82) is 0 Å². The standard InChI is InChI=1S/C22H15F7N4O4S2/c1-2-39(35,36)16-9-13(12-3-5-14(6-4-12)37-21(25,26)19(23)24)11-30-18(16)33-20(34)32-8-7-15(10-17(32)31-33)38-22(27,28)29/h3-11,19H,2H2,1H3. The van der Waals surface area contributed by atoms with Gasteiger partial charge in [0, 0.05) is 22.9 Å². The van der Waals surface area contributed by atoms with Crippen LogP contribution in [0.3, 0.4) is 0 Å². The number of fused-ring (bicyclic) bond motifs is 1. The SMILES string of the molecule is CCS(=O)(=O)c1cc(-c2ccc(OC(F)(F)C(F)F)cc2)cnc1-n1nc2cc(SC(F)(F)F)ccn2c1=O. The van der Waals surface area contributed by atoms with Crippen LogP contribution < -0.4 is 10.4 Å². The zero-order valence-corrected chi connectivity index (χ0v) is 21.0. The Hall–Kier alpha value is -3.60. The number of rotatable bonds is 8. The van der Waals surface area contributed by atoms with Gasteiger partial charge in [-0.05, 0) is 47.7 Å². The van der Waals surface area contributed by atoms with Gasteiger partial charge in [0.2, 0.25) is 0 Å². The average Bonchev–Trinajstić information content (AvgIpc) is 3.18. The van der Waals surface area contributed by atoms with Gasteiger partial charge in [-0.1, -0.05) is 19.1 Å². The van der Waals surface area contributed by atoms with Gasteiger partial charge < -0.3 is 4.74 Å². The topological polar surface area (TPSA) is 95.6 Å². The number of sulfone groups is 1. The molecule has 17 heteroatoms. The molecule has 1 aromatic carbocycles. The van der Waals surface area contributed by atoms with Gasteiger partial charge in [-0.25, -0.2) is 22.6 Å². The smallest absolute Gasteiger partial charge is 0.428 e. The zero-order valence-electron chi connectivity index (χ0n) is 19.4. The fourth-order valence-electron chi connectivity index (χ4n) is 3.35. The molecule has 0 aliphatic heterocycles. The number of pyridine rings is 2.